The standard InChI is InChI=1S/C31H37Cl2N3O5S/c1-6-29(31(38)34-18-21(2)3)35(19-23-12-13-24(32)16-28(23)33)30(37)20-36(25-8-7-9-26(17-25)41-5)42(39,40)27-14-10-22(4)11-15-27/h7-17,21,29H,6,18-20H2,1-5H3,(H,34,38)/t29-/m0/s1. The molecule has 1 N–H and O–H groups in total. The molecule has 0 saturated heterocycles. The molecule has 0 aromatic heterocycles. The van der Waals surface area contributed by atoms with E-state index >= 15 is 0 Å². The Morgan fingerprint density at radius 2 is 1.69 bits per heavy atom. The molecule has 42 heavy (non-hydrogen) atoms. The Balaban J connectivity index is 2.09. The van der Waals surface area contributed by atoms with Crippen LogP contribution in [0.2, 0.25) is 10.0 Å². The van der Waals surface area contributed by atoms with Gasteiger partial charge in [-0.2, -0.15) is 0 Å². The van der Waals surface area contributed by atoms with Crippen LogP contribution >= 0.6 is 23.2 Å². The van der Waals surface area contributed by atoms with Gasteiger partial charge in [-0.15, -0.1) is 0 Å². The first-order valence-electron chi connectivity index (χ1n) is 13.6. The number of halogens is 2. The van der Waals surface area contributed by atoms with Crippen LogP contribution < -0.4 is 14.4 Å². The topological polar surface area (TPSA) is 96.0 Å². The molecule has 0 heterocycles. The van der Waals surface area contributed by atoms with Crippen molar-refractivity contribution in [1.82, 2.24) is 10.2 Å². The summed E-state index contributed by atoms with van der Waals surface area (Å²) in [5, 5.41) is 3.66. The van der Waals surface area contributed by atoms with Gasteiger partial charge in [0.15, 0.2) is 0 Å². The minimum Gasteiger partial charge on any atom is -0.497 e. The highest BCUT2D eigenvalue weighted by molar-refractivity contribution is 7.92. The van der Waals surface area contributed by atoms with Gasteiger partial charge in [-0.1, -0.05) is 73.8 Å². The Morgan fingerprint density at radius 3 is 2.29 bits per heavy atom. The Kier molecular flexibility index (Phi) is 11.7. The average molecular weight is 635 g/mol. The minimum atomic E-state index is -4.20. The first kappa shape index (κ1) is 33.2. The normalized spacial score (nSPS) is 12.1. The van der Waals surface area contributed by atoms with E-state index in [9.17, 15) is 18.0 Å². The van der Waals surface area contributed by atoms with Crippen molar-refractivity contribution < 1.29 is 22.7 Å². The highest BCUT2D eigenvalue weighted by atomic mass is 35.5. The van der Waals surface area contributed by atoms with Gasteiger partial charge in [0.25, 0.3) is 10.0 Å². The Hall–Kier alpha value is -3.27. The summed E-state index contributed by atoms with van der Waals surface area (Å²) in [5.41, 5.74) is 1.70. The highest BCUT2D eigenvalue weighted by Crippen LogP contribution is 2.29. The Bertz CT molecular complexity index is 1500. The highest BCUT2D eigenvalue weighted by Gasteiger charge is 2.34. The van der Waals surface area contributed by atoms with E-state index in [1.165, 1.54) is 24.1 Å². The molecular weight excluding hydrogens is 597 g/mol. The van der Waals surface area contributed by atoms with Crippen molar-refractivity contribution in [2.24, 2.45) is 5.92 Å². The number of aryl methyl sites for hydroxylation is 1. The van der Waals surface area contributed by atoms with E-state index in [1.807, 2.05) is 20.8 Å². The van der Waals surface area contributed by atoms with Crippen LogP contribution in [0.25, 0.3) is 0 Å². The fourth-order valence-corrected chi connectivity index (χ4v) is 6.18. The van der Waals surface area contributed by atoms with Gasteiger partial charge in [0.1, 0.15) is 18.3 Å². The molecule has 0 bridgehead atoms. The van der Waals surface area contributed by atoms with Crippen molar-refractivity contribution in [3.63, 3.8) is 0 Å². The predicted octanol–water partition coefficient (Wildman–Crippen LogP) is 6.09. The van der Waals surface area contributed by atoms with Gasteiger partial charge in [0.05, 0.1) is 17.7 Å². The third kappa shape index (κ3) is 8.40. The van der Waals surface area contributed by atoms with E-state index in [4.69, 9.17) is 27.9 Å². The molecule has 3 rings (SSSR count). The largest absolute Gasteiger partial charge is 0.497 e. The summed E-state index contributed by atoms with van der Waals surface area (Å²) in [7, 11) is -2.72. The first-order valence-corrected chi connectivity index (χ1v) is 15.8. The lowest BCUT2D eigenvalue weighted by Gasteiger charge is -2.33. The lowest BCUT2D eigenvalue weighted by molar-refractivity contribution is -0.140. The zero-order chi connectivity index (χ0) is 31.0. The maximum atomic E-state index is 14.2. The summed E-state index contributed by atoms with van der Waals surface area (Å²) in [6.45, 7) is 7.43. The molecule has 0 aliphatic rings. The average Bonchev–Trinajstić information content (AvgIpc) is 2.95. The van der Waals surface area contributed by atoms with E-state index in [-0.39, 0.29) is 29.0 Å². The zero-order valence-corrected chi connectivity index (χ0v) is 26.8. The van der Waals surface area contributed by atoms with Crippen molar-refractivity contribution >= 4 is 50.7 Å². The molecule has 0 spiro atoms. The maximum Gasteiger partial charge on any atom is 0.264 e. The number of hydrogen-bond acceptors (Lipinski definition) is 5. The van der Waals surface area contributed by atoms with Gasteiger partial charge in [-0.05, 0) is 61.2 Å². The van der Waals surface area contributed by atoms with Gasteiger partial charge >= 0.3 is 0 Å². The van der Waals surface area contributed by atoms with Crippen molar-refractivity contribution in [2.75, 3.05) is 24.5 Å². The van der Waals surface area contributed by atoms with Crippen LogP contribution in [-0.2, 0) is 26.2 Å². The summed E-state index contributed by atoms with van der Waals surface area (Å²) in [5.74, 6) is -0.289. The number of ether oxygens (including phenoxy) is 1. The maximum absolute atomic E-state index is 14.2. The van der Waals surface area contributed by atoms with Crippen LogP contribution in [0.4, 0.5) is 5.69 Å². The summed E-state index contributed by atoms with van der Waals surface area (Å²) in [6.07, 6.45) is 0.296. The Morgan fingerprint density at radius 1 is 1.00 bits per heavy atom. The molecular formula is C31H37Cl2N3O5S. The van der Waals surface area contributed by atoms with E-state index in [1.54, 1.807) is 61.5 Å². The number of carbonyl (C=O) groups excluding carboxylic acids is 2. The van der Waals surface area contributed by atoms with Gasteiger partial charge in [0.2, 0.25) is 11.8 Å². The van der Waals surface area contributed by atoms with Crippen LogP contribution in [0, 0.1) is 12.8 Å². The number of amides is 2. The second-order valence-corrected chi connectivity index (χ2v) is 13.1. The summed E-state index contributed by atoms with van der Waals surface area (Å²) in [6, 6.07) is 16.9. The van der Waals surface area contributed by atoms with E-state index in [0.717, 1.165) is 9.87 Å². The number of carbonyl (C=O) groups is 2. The van der Waals surface area contributed by atoms with Crippen molar-refractivity contribution in [3.05, 3.63) is 87.9 Å². The molecule has 2 amide bonds. The molecule has 0 aliphatic carbocycles. The molecule has 0 aliphatic heterocycles. The lowest BCUT2D eigenvalue weighted by Crippen LogP contribution is -2.52. The van der Waals surface area contributed by atoms with Crippen molar-refractivity contribution in [3.8, 4) is 5.75 Å². The summed E-state index contributed by atoms with van der Waals surface area (Å²) < 4.78 is 34.4. The third-order valence-corrected chi connectivity index (χ3v) is 9.03. The van der Waals surface area contributed by atoms with Gasteiger partial charge in [0, 0.05) is 29.2 Å². The number of nitrogens with one attached hydrogen (secondary N) is 1. The quantitative estimate of drug-likeness (QED) is 0.246. The summed E-state index contributed by atoms with van der Waals surface area (Å²) >= 11 is 12.6. The molecule has 0 fully saturated rings. The SMILES string of the molecule is CC[C@@H](C(=O)NCC(C)C)N(Cc1ccc(Cl)cc1Cl)C(=O)CN(c1cccc(OC)c1)S(=O)(=O)c1ccc(C)cc1. The second-order valence-electron chi connectivity index (χ2n) is 10.3. The third-order valence-electron chi connectivity index (χ3n) is 6.66. The molecule has 3 aromatic rings. The van der Waals surface area contributed by atoms with E-state index in [2.05, 4.69) is 5.32 Å². The fourth-order valence-electron chi connectivity index (χ4n) is 4.31. The molecule has 8 nitrogen and oxygen atoms in total. The second kappa shape index (κ2) is 14.8. The van der Waals surface area contributed by atoms with Gasteiger partial charge in [-0.3, -0.25) is 13.9 Å². The fraction of sp³-hybridized carbons (Fsp3) is 0.355. The van der Waals surface area contributed by atoms with Crippen LogP contribution in [-0.4, -0.2) is 51.4 Å². The molecule has 11 heteroatoms. The lowest BCUT2D eigenvalue weighted by atomic mass is 10.1. The molecule has 0 radical (unpaired) electrons. The van der Waals surface area contributed by atoms with Gasteiger partial charge < -0.3 is 15.0 Å². The number of rotatable bonds is 13. The minimum absolute atomic E-state index is 0.0257. The first-order chi connectivity index (χ1) is 19.9. The van der Waals surface area contributed by atoms with Crippen molar-refractivity contribution in [2.45, 2.75) is 51.6 Å². The molecule has 1 atom stereocenters. The zero-order valence-electron chi connectivity index (χ0n) is 24.4. The number of nitrogens with zero attached hydrogens (tertiary/aromatic N) is 2. The molecule has 0 saturated carbocycles. The molecule has 3 aromatic carbocycles. The smallest absolute Gasteiger partial charge is 0.264 e. The van der Waals surface area contributed by atoms with E-state index < -0.39 is 28.5 Å². The van der Waals surface area contributed by atoms with Crippen LogP contribution in [0.3, 0.4) is 0 Å². The number of methoxy groups -OCH3 is 1. The predicted molar refractivity (Wildman–Crippen MR) is 168 cm³/mol. The molecule has 226 valence electrons. The van der Waals surface area contributed by atoms with Crippen LogP contribution in [0.15, 0.2) is 71.6 Å². The summed E-state index contributed by atoms with van der Waals surface area (Å²) in [4.78, 5) is 28.9. The number of anilines is 1. The Labute approximate surface area is 258 Å². The molecule has 0 unspecified atom stereocenters. The van der Waals surface area contributed by atoms with Crippen LogP contribution in [0.5, 0.6) is 5.75 Å². The number of hydrogen-bond donors (Lipinski definition) is 1. The van der Waals surface area contributed by atoms with Crippen molar-refractivity contribution in [1.29, 1.82) is 0 Å². The van der Waals surface area contributed by atoms with E-state index in [0.29, 0.717) is 34.3 Å². The number of benzene rings is 3. The number of sulfonamides is 1. The van der Waals surface area contributed by atoms with Crippen LogP contribution in [0.1, 0.15) is 38.3 Å². The monoisotopic (exact) mass is 633 g/mol. The van der Waals surface area contributed by atoms with Gasteiger partial charge in [-0.25, -0.2) is 8.42 Å².